The van der Waals surface area contributed by atoms with Crippen LogP contribution >= 0.6 is 34.8 Å². The standard InChI is InChI=1S/C29H32Cl3N3O4S/c1-19-9-13-25(14-10-19)40(38,39)35(24-8-6-7-22(30)15-24)18-27(36)34(20(2)28(37)33-29(3,4)5)17-21-11-12-23(31)16-26(21)32/h6-16,20H,17-18H2,1-5H3,(H,33,37)/t20-/m1/s1. The second-order valence-corrected chi connectivity index (χ2v) is 13.6. The van der Waals surface area contributed by atoms with E-state index in [9.17, 15) is 18.0 Å². The molecule has 7 nitrogen and oxygen atoms in total. The normalized spacial score (nSPS) is 12.5. The van der Waals surface area contributed by atoms with E-state index in [2.05, 4.69) is 5.32 Å². The largest absolute Gasteiger partial charge is 0.350 e. The van der Waals surface area contributed by atoms with Crippen LogP contribution in [0.2, 0.25) is 15.1 Å². The molecule has 11 heteroatoms. The molecular weight excluding hydrogens is 593 g/mol. The van der Waals surface area contributed by atoms with Crippen LogP contribution in [-0.4, -0.2) is 43.3 Å². The Kier molecular flexibility index (Phi) is 10.2. The molecule has 40 heavy (non-hydrogen) atoms. The Hall–Kier alpha value is -2.78. The molecule has 214 valence electrons. The summed E-state index contributed by atoms with van der Waals surface area (Å²) in [5.41, 5.74) is 1.08. The second-order valence-electron chi connectivity index (χ2n) is 10.5. The summed E-state index contributed by atoms with van der Waals surface area (Å²) in [6.45, 7) is 8.27. The molecule has 2 amide bonds. The molecular formula is C29H32Cl3N3O4S. The van der Waals surface area contributed by atoms with Crippen LogP contribution in [0.5, 0.6) is 0 Å². The van der Waals surface area contributed by atoms with Crippen molar-refractivity contribution in [3.8, 4) is 0 Å². The van der Waals surface area contributed by atoms with Gasteiger partial charge < -0.3 is 10.2 Å². The topological polar surface area (TPSA) is 86.8 Å². The molecule has 0 aliphatic carbocycles. The number of nitrogens with zero attached hydrogens (tertiary/aromatic N) is 2. The van der Waals surface area contributed by atoms with Crippen molar-refractivity contribution in [2.45, 2.75) is 57.6 Å². The fourth-order valence-electron chi connectivity index (χ4n) is 3.89. The minimum Gasteiger partial charge on any atom is -0.350 e. The molecule has 0 unspecified atom stereocenters. The van der Waals surface area contributed by atoms with Crippen LogP contribution in [0.15, 0.2) is 71.6 Å². The van der Waals surface area contributed by atoms with Gasteiger partial charge in [0.1, 0.15) is 12.6 Å². The van der Waals surface area contributed by atoms with Crippen LogP contribution in [0.4, 0.5) is 5.69 Å². The zero-order valence-corrected chi connectivity index (χ0v) is 26.0. The number of rotatable bonds is 9. The van der Waals surface area contributed by atoms with Gasteiger partial charge in [-0.25, -0.2) is 8.42 Å². The molecule has 0 aliphatic heterocycles. The van der Waals surface area contributed by atoms with Gasteiger partial charge in [-0.1, -0.05) is 64.6 Å². The number of sulfonamides is 1. The van der Waals surface area contributed by atoms with Gasteiger partial charge in [-0.05, 0) is 82.6 Å². The summed E-state index contributed by atoms with van der Waals surface area (Å²) >= 11 is 18.7. The number of halogens is 3. The lowest BCUT2D eigenvalue weighted by Gasteiger charge is -2.33. The summed E-state index contributed by atoms with van der Waals surface area (Å²) in [6, 6.07) is 16.4. The van der Waals surface area contributed by atoms with Crippen LogP contribution in [0.25, 0.3) is 0 Å². The van der Waals surface area contributed by atoms with Crippen molar-refractivity contribution in [2.75, 3.05) is 10.8 Å². The molecule has 0 saturated heterocycles. The number of carbonyl (C=O) groups excluding carboxylic acids is 2. The highest BCUT2D eigenvalue weighted by Crippen LogP contribution is 2.28. The summed E-state index contributed by atoms with van der Waals surface area (Å²) in [5, 5.41) is 3.91. The molecule has 3 aromatic rings. The number of benzene rings is 3. The van der Waals surface area contributed by atoms with E-state index in [0.717, 1.165) is 9.87 Å². The predicted molar refractivity (Wildman–Crippen MR) is 162 cm³/mol. The number of anilines is 1. The van der Waals surface area contributed by atoms with Crippen molar-refractivity contribution >= 4 is 62.3 Å². The van der Waals surface area contributed by atoms with Gasteiger partial charge in [-0.15, -0.1) is 0 Å². The van der Waals surface area contributed by atoms with E-state index in [1.807, 2.05) is 27.7 Å². The fraction of sp³-hybridized carbons (Fsp3) is 0.310. The first-order chi connectivity index (χ1) is 18.6. The van der Waals surface area contributed by atoms with Gasteiger partial charge in [-0.3, -0.25) is 13.9 Å². The summed E-state index contributed by atoms with van der Waals surface area (Å²) in [6.07, 6.45) is 0. The highest BCUT2D eigenvalue weighted by atomic mass is 35.5. The number of hydrogen-bond donors (Lipinski definition) is 1. The third kappa shape index (κ3) is 8.13. The smallest absolute Gasteiger partial charge is 0.264 e. The molecule has 0 heterocycles. The molecule has 0 aromatic heterocycles. The predicted octanol–water partition coefficient (Wildman–Crippen LogP) is 6.48. The van der Waals surface area contributed by atoms with E-state index >= 15 is 0 Å². The van der Waals surface area contributed by atoms with Gasteiger partial charge in [-0.2, -0.15) is 0 Å². The summed E-state index contributed by atoms with van der Waals surface area (Å²) in [5.74, 6) is -1.01. The highest BCUT2D eigenvalue weighted by Gasteiger charge is 2.33. The molecule has 0 saturated carbocycles. The zero-order valence-electron chi connectivity index (χ0n) is 22.9. The Morgan fingerprint density at radius 2 is 1.55 bits per heavy atom. The van der Waals surface area contributed by atoms with E-state index < -0.39 is 40.0 Å². The first-order valence-electron chi connectivity index (χ1n) is 12.5. The molecule has 0 radical (unpaired) electrons. The number of amides is 2. The molecule has 3 rings (SSSR count). The highest BCUT2D eigenvalue weighted by molar-refractivity contribution is 7.92. The number of aryl methyl sites for hydroxylation is 1. The van der Waals surface area contributed by atoms with Gasteiger partial charge >= 0.3 is 0 Å². The Morgan fingerprint density at radius 1 is 0.925 bits per heavy atom. The maximum atomic E-state index is 14.0. The van der Waals surface area contributed by atoms with Crippen molar-refractivity contribution in [1.29, 1.82) is 0 Å². The van der Waals surface area contributed by atoms with E-state index in [1.165, 1.54) is 23.1 Å². The van der Waals surface area contributed by atoms with E-state index in [0.29, 0.717) is 20.6 Å². The minimum atomic E-state index is -4.19. The zero-order chi connectivity index (χ0) is 29.8. The Morgan fingerprint density at radius 3 is 2.12 bits per heavy atom. The van der Waals surface area contributed by atoms with Crippen LogP contribution in [0.1, 0.15) is 38.8 Å². The van der Waals surface area contributed by atoms with Gasteiger partial charge in [0.25, 0.3) is 10.0 Å². The van der Waals surface area contributed by atoms with Gasteiger partial charge in [0.05, 0.1) is 10.6 Å². The summed E-state index contributed by atoms with van der Waals surface area (Å²) in [7, 11) is -4.19. The Bertz CT molecular complexity index is 1490. The third-order valence-corrected chi connectivity index (χ3v) is 8.62. The van der Waals surface area contributed by atoms with Crippen molar-refractivity contribution in [1.82, 2.24) is 10.2 Å². The van der Waals surface area contributed by atoms with Gasteiger partial charge in [0.2, 0.25) is 11.8 Å². The molecule has 1 atom stereocenters. The number of nitrogens with one attached hydrogen (secondary N) is 1. The van der Waals surface area contributed by atoms with E-state index in [-0.39, 0.29) is 17.1 Å². The number of hydrogen-bond acceptors (Lipinski definition) is 4. The molecule has 0 fully saturated rings. The lowest BCUT2D eigenvalue weighted by atomic mass is 10.1. The lowest BCUT2D eigenvalue weighted by molar-refractivity contribution is -0.140. The third-order valence-electron chi connectivity index (χ3n) is 6.01. The van der Waals surface area contributed by atoms with E-state index in [4.69, 9.17) is 34.8 Å². The van der Waals surface area contributed by atoms with E-state index in [1.54, 1.807) is 55.5 Å². The van der Waals surface area contributed by atoms with Crippen LogP contribution in [0, 0.1) is 6.92 Å². The van der Waals surface area contributed by atoms with Crippen LogP contribution in [0.3, 0.4) is 0 Å². The average Bonchev–Trinajstić information content (AvgIpc) is 2.85. The maximum absolute atomic E-state index is 14.0. The monoisotopic (exact) mass is 623 g/mol. The first kappa shape index (κ1) is 31.7. The van der Waals surface area contributed by atoms with Crippen molar-refractivity contribution in [3.05, 3.63) is 92.9 Å². The molecule has 0 spiro atoms. The van der Waals surface area contributed by atoms with Gasteiger partial charge in [0.15, 0.2) is 0 Å². The minimum absolute atomic E-state index is 0.0108. The fourth-order valence-corrected chi connectivity index (χ4v) is 5.95. The maximum Gasteiger partial charge on any atom is 0.264 e. The molecule has 1 N–H and O–H groups in total. The summed E-state index contributed by atoms with van der Waals surface area (Å²) in [4.78, 5) is 28.5. The van der Waals surface area contributed by atoms with Crippen molar-refractivity contribution in [3.63, 3.8) is 0 Å². The van der Waals surface area contributed by atoms with Crippen molar-refractivity contribution in [2.24, 2.45) is 0 Å². The molecule has 0 bridgehead atoms. The molecule has 0 aliphatic rings. The van der Waals surface area contributed by atoms with Gasteiger partial charge in [0, 0.05) is 27.2 Å². The Labute approximate surface area is 251 Å². The Balaban J connectivity index is 2.06. The lowest BCUT2D eigenvalue weighted by Crippen LogP contribution is -2.54. The van der Waals surface area contributed by atoms with Crippen LogP contribution < -0.4 is 9.62 Å². The summed E-state index contributed by atoms with van der Waals surface area (Å²) < 4.78 is 28.7. The quantitative estimate of drug-likeness (QED) is 0.295. The van der Waals surface area contributed by atoms with Crippen molar-refractivity contribution < 1.29 is 18.0 Å². The second kappa shape index (κ2) is 12.8. The number of carbonyl (C=O) groups is 2. The SMILES string of the molecule is Cc1ccc(S(=O)(=O)N(CC(=O)N(Cc2ccc(Cl)cc2Cl)[C@H](C)C(=O)NC(C)(C)C)c2cccc(Cl)c2)cc1. The average molecular weight is 625 g/mol. The molecule has 3 aromatic carbocycles. The van der Waals surface area contributed by atoms with Crippen LogP contribution in [-0.2, 0) is 26.2 Å². The first-order valence-corrected chi connectivity index (χ1v) is 15.1.